The fourth-order valence-electron chi connectivity index (χ4n) is 6.40. The van der Waals surface area contributed by atoms with Gasteiger partial charge in [-0.3, -0.25) is 4.79 Å². The molecule has 2 aliphatic rings. The van der Waals surface area contributed by atoms with Gasteiger partial charge in [0.1, 0.15) is 10.5 Å². The number of carbonyl (C=O) groups excluding carboxylic acids is 2. The van der Waals surface area contributed by atoms with Crippen molar-refractivity contribution in [3.8, 4) is 6.07 Å². The van der Waals surface area contributed by atoms with Gasteiger partial charge in [0.15, 0.2) is 9.84 Å². The number of fused-ring (bicyclic) bond motifs is 3. The number of hydrogen-bond acceptors (Lipinski definition) is 5. The molecule has 1 aliphatic carbocycles. The number of sulfone groups is 1. The minimum atomic E-state index is -6.34. The van der Waals surface area contributed by atoms with Crippen molar-refractivity contribution >= 4 is 33.1 Å². The maximum Gasteiger partial charge on any atom is 0.435 e. The summed E-state index contributed by atoms with van der Waals surface area (Å²) in [6.45, 7) is 4.97. The molecule has 3 atom stereocenters. The number of benzene rings is 2. The van der Waals surface area contributed by atoms with Crippen LogP contribution in [0.15, 0.2) is 47.4 Å². The van der Waals surface area contributed by atoms with E-state index in [9.17, 15) is 48.7 Å². The van der Waals surface area contributed by atoms with E-state index in [1.54, 1.807) is 6.92 Å². The van der Waals surface area contributed by atoms with Crippen LogP contribution in [0.25, 0.3) is 0 Å². The maximum atomic E-state index is 14.9. The molecule has 1 heterocycles. The van der Waals surface area contributed by atoms with E-state index in [-0.39, 0.29) is 65.5 Å². The summed E-state index contributed by atoms with van der Waals surface area (Å²) < 4.78 is 123. The van der Waals surface area contributed by atoms with Crippen LogP contribution >= 0.6 is 11.6 Å². The Bertz CT molecular complexity index is 1620. The predicted octanol–water partition coefficient (Wildman–Crippen LogP) is 8.55. The lowest BCUT2D eigenvalue weighted by molar-refractivity contribution is -0.348. The lowest BCUT2D eigenvalue weighted by Gasteiger charge is -2.43. The molecular weight excluding hydrogens is 689 g/mol. The van der Waals surface area contributed by atoms with Gasteiger partial charge >= 0.3 is 18.0 Å². The summed E-state index contributed by atoms with van der Waals surface area (Å²) in [5.41, 5.74) is -7.66. The molecule has 4 rings (SSSR count). The molecule has 264 valence electrons. The van der Waals surface area contributed by atoms with Crippen LogP contribution in [0.3, 0.4) is 0 Å². The first-order valence-electron chi connectivity index (χ1n) is 15.3. The van der Waals surface area contributed by atoms with Crippen molar-refractivity contribution < 1.29 is 48.7 Å². The second-order valence-electron chi connectivity index (χ2n) is 12.1. The van der Waals surface area contributed by atoms with E-state index in [1.165, 1.54) is 36.1 Å². The van der Waals surface area contributed by atoms with E-state index in [2.05, 4.69) is 13.0 Å². The van der Waals surface area contributed by atoms with Crippen LogP contribution in [0.4, 0.5) is 30.7 Å². The molecule has 15 heteroatoms. The number of carbonyl (C=O) groups is 2. The fourth-order valence-corrected chi connectivity index (χ4v) is 8.89. The van der Waals surface area contributed by atoms with Crippen LogP contribution in [0.2, 0.25) is 5.02 Å². The van der Waals surface area contributed by atoms with Crippen LogP contribution < -0.4 is 0 Å². The zero-order chi connectivity index (χ0) is 36.3. The predicted molar refractivity (Wildman–Crippen MR) is 164 cm³/mol. The molecule has 0 aromatic heterocycles. The molecule has 1 saturated heterocycles. The van der Waals surface area contributed by atoms with Crippen LogP contribution in [0, 0.1) is 17.2 Å². The van der Waals surface area contributed by atoms with E-state index >= 15 is 0 Å². The SMILES string of the molecule is CC(=O)CCC(C)C(=O)N1CCC2(S(=O)(=O)c3ccc(Cl)cc3)c3ccc(C(F)(C(F)(F)F)C(F)(F)F)cc3CCC12.CCCCC#N. The van der Waals surface area contributed by atoms with Gasteiger partial charge in [-0.2, -0.15) is 31.6 Å². The van der Waals surface area contributed by atoms with Gasteiger partial charge < -0.3 is 9.69 Å². The fraction of sp³-hybridized carbons (Fsp3) is 0.545. The highest BCUT2D eigenvalue weighted by molar-refractivity contribution is 7.92. The number of ketones is 1. The van der Waals surface area contributed by atoms with E-state index in [0.717, 1.165) is 25.3 Å². The number of rotatable bonds is 9. The van der Waals surface area contributed by atoms with Gasteiger partial charge in [-0.05, 0) is 74.4 Å². The van der Waals surface area contributed by atoms with Crippen molar-refractivity contribution in [1.29, 1.82) is 5.26 Å². The van der Waals surface area contributed by atoms with Crippen LogP contribution in [-0.4, -0.2) is 49.9 Å². The van der Waals surface area contributed by atoms with E-state index in [1.807, 2.05) is 0 Å². The Morgan fingerprint density at radius 3 is 2.17 bits per heavy atom. The molecule has 3 unspecified atom stereocenters. The quantitative estimate of drug-likeness (QED) is 0.191. The van der Waals surface area contributed by atoms with Gasteiger partial charge in [0, 0.05) is 35.9 Å². The normalized spacial score (nSPS) is 20.1. The molecule has 0 saturated carbocycles. The molecule has 2 aromatic rings. The smallest absolute Gasteiger partial charge is 0.337 e. The number of unbranched alkanes of at least 4 members (excludes halogenated alkanes) is 2. The van der Waals surface area contributed by atoms with Gasteiger partial charge in [-0.25, -0.2) is 12.8 Å². The maximum absolute atomic E-state index is 14.9. The number of halogens is 8. The third-order valence-corrected chi connectivity index (χ3v) is 11.7. The average Bonchev–Trinajstić information content (AvgIpc) is 3.42. The van der Waals surface area contributed by atoms with Crippen LogP contribution in [0.5, 0.6) is 0 Å². The lowest BCUT2D eigenvalue weighted by Crippen LogP contribution is -2.53. The summed E-state index contributed by atoms with van der Waals surface area (Å²) in [5.74, 6) is -1.22. The molecular formula is C33H36ClF7N2O4S. The van der Waals surface area contributed by atoms with E-state index < -0.39 is 56.0 Å². The second kappa shape index (κ2) is 14.7. The third-order valence-electron chi connectivity index (χ3n) is 8.95. The first-order valence-corrected chi connectivity index (χ1v) is 17.2. The average molecular weight is 725 g/mol. The minimum absolute atomic E-state index is 0.0694. The van der Waals surface area contributed by atoms with Crippen molar-refractivity contribution in [2.45, 2.75) is 106 Å². The van der Waals surface area contributed by atoms with Gasteiger partial charge in [-0.1, -0.05) is 50.1 Å². The molecule has 2 aromatic carbocycles. The van der Waals surface area contributed by atoms with Crippen molar-refractivity contribution in [3.63, 3.8) is 0 Å². The number of nitrogens with zero attached hydrogens (tertiary/aromatic N) is 2. The number of likely N-dealkylation sites (tertiary alicyclic amines) is 1. The molecule has 0 radical (unpaired) electrons. The van der Waals surface area contributed by atoms with Crippen LogP contribution in [0.1, 0.15) is 82.4 Å². The Labute approximate surface area is 280 Å². The summed E-state index contributed by atoms with van der Waals surface area (Å²) in [5, 5.41) is 8.17. The molecule has 1 aliphatic heterocycles. The van der Waals surface area contributed by atoms with Crippen molar-refractivity contribution in [3.05, 3.63) is 64.2 Å². The Hall–Kier alpha value is -3.18. The summed E-state index contributed by atoms with van der Waals surface area (Å²) in [6, 6.07) is 7.70. The Morgan fingerprint density at radius 1 is 1.06 bits per heavy atom. The number of nitriles is 1. The molecule has 1 amide bonds. The van der Waals surface area contributed by atoms with Crippen molar-refractivity contribution in [2.75, 3.05) is 6.54 Å². The lowest BCUT2D eigenvalue weighted by atomic mass is 9.76. The molecule has 0 bridgehead atoms. The van der Waals surface area contributed by atoms with Gasteiger partial charge in [-0.15, -0.1) is 0 Å². The first kappa shape index (κ1) is 39.3. The highest BCUT2D eigenvalue weighted by atomic mass is 35.5. The number of Topliss-reactive ketones (excluding diaryl/α,β-unsaturated/α-hetero) is 1. The van der Waals surface area contributed by atoms with Crippen molar-refractivity contribution in [2.24, 2.45) is 5.92 Å². The van der Waals surface area contributed by atoms with Gasteiger partial charge in [0.25, 0.3) is 0 Å². The van der Waals surface area contributed by atoms with E-state index in [0.29, 0.717) is 12.1 Å². The van der Waals surface area contributed by atoms with E-state index in [4.69, 9.17) is 16.9 Å². The molecule has 0 spiro atoms. The third kappa shape index (κ3) is 7.22. The minimum Gasteiger partial charge on any atom is -0.337 e. The summed E-state index contributed by atoms with van der Waals surface area (Å²) in [6.07, 6.45) is -9.97. The number of aryl methyl sites for hydroxylation is 1. The number of hydrogen-bond donors (Lipinski definition) is 0. The Morgan fingerprint density at radius 2 is 1.67 bits per heavy atom. The standard InChI is InChI=1S/C28H27ClF7NO4S.C5H9N/c1-16(3-4-17(2)38)24(39)37-14-13-25(42(40,41)21-9-7-20(29)8-10-21)22-11-6-19(15-18(22)5-12-23(25)37)26(30,27(31,32)33)28(34,35)36;1-2-3-4-5-6/h6-11,15-16,23H,3-5,12-14H2,1-2H3;2-4H2,1H3. The number of alkyl halides is 7. The second-order valence-corrected chi connectivity index (χ2v) is 14.8. The highest BCUT2D eigenvalue weighted by Gasteiger charge is 2.74. The Balaban J connectivity index is 0.000000952. The largest absolute Gasteiger partial charge is 0.435 e. The molecule has 0 N–H and O–H groups in total. The monoisotopic (exact) mass is 724 g/mol. The highest BCUT2D eigenvalue weighted by Crippen LogP contribution is 2.57. The van der Waals surface area contributed by atoms with Gasteiger partial charge in [0.05, 0.1) is 17.0 Å². The molecule has 1 fully saturated rings. The summed E-state index contributed by atoms with van der Waals surface area (Å²) in [7, 11) is -4.46. The van der Waals surface area contributed by atoms with Crippen molar-refractivity contribution in [1.82, 2.24) is 4.90 Å². The Kier molecular flexibility index (Phi) is 12.1. The number of amides is 1. The van der Waals surface area contributed by atoms with Crippen LogP contribution in [-0.2, 0) is 36.3 Å². The molecule has 6 nitrogen and oxygen atoms in total. The first-order chi connectivity index (χ1) is 22.2. The zero-order valence-electron chi connectivity index (χ0n) is 26.5. The summed E-state index contributed by atoms with van der Waals surface area (Å²) in [4.78, 5) is 26.1. The summed E-state index contributed by atoms with van der Waals surface area (Å²) >= 11 is 5.93. The van der Waals surface area contributed by atoms with Gasteiger partial charge in [0.2, 0.25) is 5.91 Å². The molecule has 48 heavy (non-hydrogen) atoms. The zero-order valence-corrected chi connectivity index (χ0v) is 28.1. The topological polar surface area (TPSA) is 95.3 Å².